The van der Waals surface area contributed by atoms with Crippen LogP contribution in [-0.4, -0.2) is 23.5 Å². The number of hydrogen-bond donors (Lipinski definition) is 1. The van der Waals surface area contributed by atoms with Gasteiger partial charge in [0.25, 0.3) is 5.91 Å². The number of nitrogens with zero attached hydrogens (tertiary/aromatic N) is 1. The number of hydrogen-bond acceptors (Lipinski definition) is 4. The van der Waals surface area contributed by atoms with Crippen molar-refractivity contribution in [1.82, 2.24) is 4.98 Å². The molecule has 0 radical (unpaired) electrons. The second-order valence-corrected chi connectivity index (χ2v) is 6.32. The van der Waals surface area contributed by atoms with E-state index in [1.807, 2.05) is 34.6 Å². The van der Waals surface area contributed by atoms with Crippen LogP contribution in [0.2, 0.25) is 5.15 Å². The predicted molar refractivity (Wildman–Crippen MR) is 98.3 cm³/mol. The summed E-state index contributed by atoms with van der Waals surface area (Å²) in [5.41, 5.74) is 5.92. The largest absolute Gasteiger partial charge is 0.452 e. The topological polar surface area (TPSA) is 68.3 Å². The first-order valence-corrected chi connectivity index (χ1v) is 8.26. The minimum absolute atomic E-state index is 0.179. The number of anilines is 1. The monoisotopic (exact) mass is 360 g/mol. The number of amides is 1. The van der Waals surface area contributed by atoms with E-state index in [0.29, 0.717) is 11.3 Å². The molecule has 0 saturated heterocycles. The molecule has 5 nitrogen and oxygen atoms in total. The average Bonchev–Trinajstić information content (AvgIpc) is 2.58. The van der Waals surface area contributed by atoms with Gasteiger partial charge in [-0.05, 0) is 74.6 Å². The molecule has 0 bridgehead atoms. The van der Waals surface area contributed by atoms with Crippen LogP contribution in [0.5, 0.6) is 0 Å². The van der Waals surface area contributed by atoms with E-state index >= 15 is 0 Å². The molecule has 0 aliphatic carbocycles. The van der Waals surface area contributed by atoms with E-state index in [1.165, 1.54) is 6.20 Å². The van der Waals surface area contributed by atoms with Gasteiger partial charge in [-0.15, -0.1) is 0 Å². The lowest BCUT2D eigenvalue weighted by Crippen LogP contribution is -2.22. The predicted octanol–water partition coefficient (Wildman–Crippen LogP) is 4.07. The highest BCUT2D eigenvalue weighted by Gasteiger charge is 2.20. The van der Waals surface area contributed by atoms with Crippen LogP contribution >= 0.6 is 11.6 Å². The summed E-state index contributed by atoms with van der Waals surface area (Å²) >= 11 is 5.88. The van der Waals surface area contributed by atoms with E-state index in [9.17, 15) is 9.59 Å². The fourth-order valence-corrected chi connectivity index (χ4v) is 2.84. The molecule has 25 heavy (non-hydrogen) atoms. The van der Waals surface area contributed by atoms with Crippen molar-refractivity contribution >= 4 is 29.2 Å². The first-order chi connectivity index (χ1) is 11.7. The molecule has 2 rings (SSSR count). The van der Waals surface area contributed by atoms with Gasteiger partial charge >= 0.3 is 5.97 Å². The molecular weight excluding hydrogens is 340 g/mol. The standard InChI is InChI=1S/C19H21ClN2O3/c1-10-11(2)13(4)17(14(5)12(10)3)19(24)25-9-16(23)22-15-7-6-8-21-18(15)20/h6-8H,9H2,1-5H3,(H,22,23). The Morgan fingerprint density at radius 3 is 2.16 bits per heavy atom. The summed E-state index contributed by atoms with van der Waals surface area (Å²) in [7, 11) is 0. The van der Waals surface area contributed by atoms with Gasteiger partial charge < -0.3 is 10.1 Å². The zero-order valence-corrected chi connectivity index (χ0v) is 15.7. The van der Waals surface area contributed by atoms with Crippen LogP contribution in [0.1, 0.15) is 38.2 Å². The zero-order valence-electron chi connectivity index (χ0n) is 15.0. The van der Waals surface area contributed by atoms with E-state index in [0.717, 1.165) is 27.8 Å². The summed E-state index contributed by atoms with van der Waals surface area (Å²) in [6, 6.07) is 3.27. The van der Waals surface area contributed by atoms with Crippen LogP contribution in [0.25, 0.3) is 0 Å². The summed E-state index contributed by atoms with van der Waals surface area (Å²) < 4.78 is 5.20. The SMILES string of the molecule is Cc1c(C)c(C)c(C(=O)OCC(=O)Nc2cccnc2Cl)c(C)c1C. The molecular formula is C19H21ClN2O3. The summed E-state index contributed by atoms with van der Waals surface area (Å²) in [5, 5.41) is 2.75. The fraction of sp³-hybridized carbons (Fsp3) is 0.316. The number of pyridine rings is 1. The number of carbonyl (C=O) groups excluding carboxylic acids is 2. The third-order valence-corrected chi connectivity index (χ3v) is 4.87. The Morgan fingerprint density at radius 2 is 1.60 bits per heavy atom. The van der Waals surface area contributed by atoms with Gasteiger partial charge in [-0.2, -0.15) is 0 Å². The molecule has 132 valence electrons. The van der Waals surface area contributed by atoms with Crippen molar-refractivity contribution in [3.8, 4) is 0 Å². The highest BCUT2D eigenvalue weighted by molar-refractivity contribution is 6.32. The molecule has 1 aromatic carbocycles. The van der Waals surface area contributed by atoms with Gasteiger partial charge in [-0.25, -0.2) is 9.78 Å². The van der Waals surface area contributed by atoms with Crippen LogP contribution in [-0.2, 0) is 9.53 Å². The zero-order chi connectivity index (χ0) is 18.7. The summed E-state index contributed by atoms with van der Waals surface area (Å²) in [4.78, 5) is 28.3. The molecule has 6 heteroatoms. The summed E-state index contributed by atoms with van der Waals surface area (Å²) in [5.74, 6) is -0.979. The third kappa shape index (κ3) is 3.99. The van der Waals surface area contributed by atoms with Crippen LogP contribution in [0, 0.1) is 34.6 Å². The summed E-state index contributed by atoms with van der Waals surface area (Å²) in [6.45, 7) is 9.37. The van der Waals surface area contributed by atoms with Crippen molar-refractivity contribution in [2.24, 2.45) is 0 Å². The van der Waals surface area contributed by atoms with Gasteiger partial charge in [0.05, 0.1) is 11.3 Å². The van der Waals surface area contributed by atoms with Crippen LogP contribution in [0.15, 0.2) is 18.3 Å². The lowest BCUT2D eigenvalue weighted by Gasteiger charge is -2.17. The first-order valence-electron chi connectivity index (χ1n) is 7.88. The second-order valence-electron chi connectivity index (χ2n) is 5.97. The molecule has 0 aliphatic rings. The van der Waals surface area contributed by atoms with E-state index in [2.05, 4.69) is 10.3 Å². The summed E-state index contributed by atoms with van der Waals surface area (Å²) in [6.07, 6.45) is 1.52. The molecule has 2 aromatic rings. The Balaban J connectivity index is 2.11. The van der Waals surface area contributed by atoms with Crippen LogP contribution < -0.4 is 5.32 Å². The molecule has 0 saturated carbocycles. The van der Waals surface area contributed by atoms with Crippen LogP contribution in [0.4, 0.5) is 5.69 Å². The molecule has 1 aromatic heterocycles. The van der Waals surface area contributed by atoms with E-state index in [4.69, 9.17) is 16.3 Å². The third-order valence-electron chi connectivity index (χ3n) is 4.57. The number of aromatic nitrogens is 1. The molecule has 0 atom stereocenters. The van der Waals surface area contributed by atoms with Crippen molar-refractivity contribution < 1.29 is 14.3 Å². The molecule has 0 fully saturated rings. The van der Waals surface area contributed by atoms with E-state index < -0.39 is 18.5 Å². The maximum absolute atomic E-state index is 12.5. The minimum Gasteiger partial charge on any atom is -0.452 e. The number of carbonyl (C=O) groups is 2. The number of halogens is 1. The van der Waals surface area contributed by atoms with Gasteiger partial charge in [0.1, 0.15) is 0 Å². The van der Waals surface area contributed by atoms with Crippen molar-refractivity contribution in [2.45, 2.75) is 34.6 Å². The van der Waals surface area contributed by atoms with Crippen molar-refractivity contribution in [3.05, 3.63) is 56.9 Å². The Bertz CT molecular complexity index is 818. The maximum Gasteiger partial charge on any atom is 0.339 e. The van der Waals surface area contributed by atoms with Crippen molar-refractivity contribution in [1.29, 1.82) is 0 Å². The lowest BCUT2D eigenvalue weighted by atomic mass is 9.90. The number of nitrogens with one attached hydrogen (secondary N) is 1. The highest BCUT2D eigenvalue weighted by Crippen LogP contribution is 2.26. The van der Waals surface area contributed by atoms with Gasteiger partial charge in [0.2, 0.25) is 0 Å². The van der Waals surface area contributed by atoms with E-state index in [-0.39, 0.29) is 5.15 Å². The van der Waals surface area contributed by atoms with Gasteiger partial charge in [0.15, 0.2) is 11.8 Å². The highest BCUT2D eigenvalue weighted by atomic mass is 35.5. The maximum atomic E-state index is 12.5. The number of rotatable bonds is 4. The Morgan fingerprint density at radius 1 is 1.04 bits per heavy atom. The van der Waals surface area contributed by atoms with Gasteiger partial charge in [-0.1, -0.05) is 11.6 Å². The first kappa shape index (κ1) is 18.9. The minimum atomic E-state index is -0.506. The molecule has 1 N–H and O–H groups in total. The van der Waals surface area contributed by atoms with Crippen molar-refractivity contribution in [2.75, 3.05) is 11.9 Å². The molecule has 0 unspecified atom stereocenters. The lowest BCUT2D eigenvalue weighted by molar-refractivity contribution is -0.119. The molecule has 1 amide bonds. The quantitative estimate of drug-likeness (QED) is 0.659. The number of esters is 1. The molecule has 1 heterocycles. The second kappa shape index (κ2) is 7.66. The van der Waals surface area contributed by atoms with Gasteiger partial charge in [-0.3, -0.25) is 4.79 Å². The van der Waals surface area contributed by atoms with Crippen molar-refractivity contribution in [3.63, 3.8) is 0 Å². The number of benzene rings is 1. The average molecular weight is 361 g/mol. The van der Waals surface area contributed by atoms with Crippen LogP contribution in [0.3, 0.4) is 0 Å². The normalized spacial score (nSPS) is 10.5. The Hall–Kier alpha value is -2.40. The Kier molecular flexibility index (Phi) is 5.80. The van der Waals surface area contributed by atoms with Gasteiger partial charge in [0, 0.05) is 6.20 Å². The molecule has 0 aliphatic heterocycles. The van der Waals surface area contributed by atoms with E-state index in [1.54, 1.807) is 12.1 Å². The molecule has 0 spiro atoms. The Labute approximate surface area is 152 Å². The fourth-order valence-electron chi connectivity index (χ4n) is 2.68. The smallest absolute Gasteiger partial charge is 0.339 e. The number of ether oxygens (including phenoxy) is 1.